The molecule has 1 saturated heterocycles. The maximum atomic E-state index is 12.5. The third kappa shape index (κ3) is 4.96. The van der Waals surface area contributed by atoms with Gasteiger partial charge in [-0.25, -0.2) is 21.9 Å². The molecule has 0 bridgehead atoms. The minimum absolute atomic E-state index is 0.187. The van der Waals surface area contributed by atoms with E-state index >= 15 is 0 Å². The SMILES string of the molecule is CCC1(O)CCCN(C(=O)c2ccc(S(=O)(=O)NCC(F)F)cc2)C1. The van der Waals surface area contributed by atoms with E-state index in [0.717, 1.165) is 0 Å². The van der Waals surface area contributed by atoms with Crippen LogP contribution in [0.1, 0.15) is 36.5 Å². The number of amides is 1. The molecular weight excluding hydrogens is 354 g/mol. The number of alkyl halides is 2. The lowest BCUT2D eigenvalue weighted by Crippen LogP contribution is -2.49. The summed E-state index contributed by atoms with van der Waals surface area (Å²) in [5.74, 6) is -0.295. The highest BCUT2D eigenvalue weighted by Gasteiger charge is 2.33. The number of likely N-dealkylation sites (tertiary alicyclic amines) is 1. The highest BCUT2D eigenvalue weighted by atomic mass is 32.2. The smallest absolute Gasteiger partial charge is 0.253 e. The summed E-state index contributed by atoms with van der Waals surface area (Å²) in [4.78, 5) is 13.9. The van der Waals surface area contributed by atoms with Gasteiger partial charge in [-0.3, -0.25) is 4.79 Å². The maximum absolute atomic E-state index is 12.5. The number of rotatable bonds is 6. The van der Waals surface area contributed by atoms with Gasteiger partial charge >= 0.3 is 0 Å². The number of nitrogens with zero attached hydrogens (tertiary/aromatic N) is 1. The number of carbonyl (C=O) groups excluding carboxylic acids is 1. The van der Waals surface area contributed by atoms with E-state index in [1.807, 2.05) is 6.92 Å². The largest absolute Gasteiger partial charge is 0.388 e. The quantitative estimate of drug-likeness (QED) is 0.790. The first-order valence-corrected chi connectivity index (χ1v) is 9.55. The van der Waals surface area contributed by atoms with E-state index in [1.165, 1.54) is 24.3 Å². The van der Waals surface area contributed by atoms with Crippen LogP contribution in [0.2, 0.25) is 0 Å². The predicted molar refractivity (Wildman–Crippen MR) is 88.0 cm³/mol. The summed E-state index contributed by atoms with van der Waals surface area (Å²) >= 11 is 0. The van der Waals surface area contributed by atoms with Gasteiger partial charge in [0.1, 0.15) is 0 Å². The van der Waals surface area contributed by atoms with Crippen molar-refractivity contribution in [2.45, 2.75) is 43.1 Å². The minimum Gasteiger partial charge on any atom is -0.388 e. The molecule has 2 N–H and O–H groups in total. The average molecular weight is 376 g/mol. The van der Waals surface area contributed by atoms with Crippen molar-refractivity contribution >= 4 is 15.9 Å². The molecule has 1 aliphatic heterocycles. The lowest BCUT2D eigenvalue weighted by molar-refractivity contribution is -0.0270. The third-order valence-corrected chi connectivity index (χ3v) is 5.78. The van der Waals surface area contributed by atoms with Crippen LogP contribution in [0, 0.1) is 0 Å². The summed E-state index contributed by atoms with van der Waals surface area (Å²) in [7, 11) is -4.04. The molecule has 0 spiro atoms. The summed E-state index contributed by atoms with van der Waals surface area (Å²) in [5.41, 5.74) is -0.607. The van der Waals surface area contributed by atoms with E-state index in [0.29, 0.717) is 25.8 Å². The van der Waals surface area contributed by atoms with Gasteiger partial charge in [-0.15, -0.1) is 0 Å². The minimum atomic E-state index is -4.04. The topological polar surface area (TPSA) is 86.7 Å². The fraction of sp³-hybridized carbons (Fsp3) is 0.562. The van der Waals surface area contributed by atoms with E-state index in [2.05, 4.69) is 0 Å². The lowest BCUT2D eigenvalue weighted by atomic mass is 9.90. The van der Waals surface area contributed by atoms with Gasteiger partial charge in [0.05, 0.1) is 17.0 Å². The van der Waals surface area contributed by atoms with Crippen molar-refractivity contribution in [1.82, 2.24) is 9.62 Å². The van der Waals surface area contributed by atoms with Crippen molar-refractivity contribution in [2.75, 3.05) is 19.6 Å². The molecule has 1 aromatic carbocycles. The van der Waals surface area contributed by atoms with Gasteiger partial charge in [-0.1, -0.05) is 6.92 Å². The Bertz CT molecular complexity index is 709. The van der Waals surface area contributed by atoms with Crippen molar-refractivity contribution in [3.05, 3.63) is 29.8 Å². The molecule has 9 heteroatoms. The van der Waals surface area contributed by atoms with Gasteiger partial charge < -0.3 is 10.0 Å². The van der Waals surface area contributed by atoms with Crippen molar-refractivity contribution in [3.8, 4) is 0 Å². The number of hydrogen-bond acceptors (Lipinski definition) is 4. The van der Waals surface area contributed by atoms with Crippen molar-refractivity contribution < 1.29 is 27.1 Å². The molecule has 1 amide bonds. The van der Waals surface area contributed by atoms with Crippen LogP contribution < -0.4 is 4.72 Å². The van der Waals surface area contributed by atoms with E-state index in [4.69, 9.17) is 0 Å². The van der Waals surface area contributed by atoms with Crippen LogP contribution in [0.25, 0.3) is 0 Å². The number of hydrogen-bond donors (Lipinski definition) is 2. The molecule has 25 heavy (non-hydrogen) atoms. The highest BCUT2D eigenvalue weighted by Crippen LogP contribution is 2.25. The Balaban J connectivity index is 2.10. The van der Waals surface area contributed by atoms with Crippen molar-refractivity contribution in [3.63, 3.8) is 0 Å². The van der Waals surface area contributed by atoms with Crippen LogP contribution >= 0.6 is 0 Å². The van der Waals surface area contributed by atoms with Crippen molar-refractivity contribution in [1.29, 1.82) is 0 Å². The molecule has 6 nitrogen and oxygen atoms in total. The number of piperidine rings is 1. The second kappa shape index (κ2) is 7.76. The first-order valence-electron chi connectivity index (χ1n) is 8.06. The van der Waals surface area contributed by atoms with Gasteiger partial charge in [0, 0.05) is 18.7 Å². The molecular formula is C16H22F2N2O4S. The Morgan fingerprint density at radius 3 is 2.56 bits per heavy atom. The summed E-state index contributed by atoms with van der Waals surface area (Å²) in [5, 5.41) is 10.4. The van der Waals surface area contributed by atoms with Crippen LogP contribution in [0.5, 0.6) is 0 Å². The number of β-amino-alcohol motifs (C(OH)–C–C–N with tert-alkyl or cyclic N) is 1. The molecule has 2 rings (SSSR count). The monoisotopic (exact) mass is 376 g/mol. The summed E-state index contributed by atoms with van der Waals surface area (Å²) in [6.45, 7) is 1.65. The Morgan fingerprint density at radius 2 is 2.00 bits per heavy atom. The van der Waals surface area contributed by atoms with Crippen molar-refractivity contribution in [2.24, 2.45) is 0 Å². The van der Waals surface area contributed by atoms with Crippen LogP contribution in [-0.4, -0.2) is 56.0 Å². The zero-order valence-corrected chi connectivity index (χ0v) is 14.7. The molecule has 0 aliphatic carbocycles. The predicted octanol–water partition coefficient (Wildman–Crippen LogP) is 1.61. The number of nitrogens with one attached hydrogen (secondary N) is 1. The van der Waals surface area contributed by atoms with Gasteiger partial charge in [0.25, 0.3) is 12.3 Å². The second-order valence-corrected chi connectivity index (χ2v) is 7.94. The van der Waals surface area contributed by atoms with Gasteiger partial charge in [-0.05, 0) is 43.5 Å². The summed E-state index contributed by atoms with van der Waals surface area (Å²) in [6.07, 6.45) is -0.906. The molecule has 1 unspecified atom stereocenters. The Hall–Kier alpha value is -1.58. The van der Waals surface area contributed by atoms with Crippen LogP contribution in [0.15, 0.2) is 29.2 Å². The van der Waals surface area contributed by atoms with Crippen LogP contribution in [-0.2, 0) is 10.0 Å². The number of sulfonamides is 1. The van der Waals surface area contributed by atoms with Crippen LogP contribution in [0.3, 0.4) is 0 Å². The van der Waals surface area contributed by atoms with E-state index < -0.39 is 28.6 Å². The molecule has 1 fully saturated rings. The Morgan fingerprint density at radius 1 is 1.36 bits per heavy atom. The number of aliphatic hydroxyl groups is 1. The fourth-order valence-corrected chi connectivity index (χ4v) is 3.80. The Kier molecular flexibility index (Phi) is 6.12. The molecule has 1 aliphatic rings. The first-order chi connectivity index (χ1) is 11.7. The number of carbonyl (C=O) groups is 1. The molecule has 1 atom stereocenters. The zero-order chi connectivity index (χ0) is 18.7. The van der Waals surface area contributed by atoms with E-state index in [-0.39, 0.29) is 22.9 Å². The zero-order valence-electron chi connectivity index (χ0n) is 13.9. The molecule has 0 saturated carbocycles. The van der Waals surface area contributed by atoms with Crippen LogP contribution in [0.4, 0.5) is 8.78 Å². The van der Waals surface area contributed by atoms with E-state index in [1.54, 1.807) is 9.62 Å². The maximum Gasteiger partial charge on any atom is 0.253 e. The first kappa shape index (κ1) is 19.7. The van der Waals surface area contributed by atoms with Gasteiger partial charge in [0.15, 0.2) is 0 Å². The number of halogens is 2. The van der Waals surface area contributed by atoms with Gasteiger partial charge in [-0.2, -0.15) is 0 Å². The lowest BCUT2D eigenvalue weighted by Gasteiger charge is -2.38. The standard InChI is InChI=1S/C16H22F2N2O4S/c1-2-16(22)8-3-9-20(11-16)15(21)12-4-6-13(7-5-12)25(23,24)19-10-14(17)18/h4-7,14,19,22H,2-3,8-11H2,1H3. The fourth-order valence-electron chi connectivity index (χ4n) is 2.79. The molecule has 0 aromatic heterocycles. The van der Waals surface area contributed by atoms with Gasteiger partial charge in [0.2, 0.25) is 10.0 Å². The molecule has 0 radical (unpaired) electrons. The van der Waals surface area contributed by atoms with E-state index in [9.17, 15) is 27.1 Å². The molecule has 1 aromatic rings. The molecule has 1 heterocycles. The normalized spacial score (nSPS) is 21.6. The summed E-state index contributed by atoms with van der Waals surface area (Å²) < 4.78 is 49.8. The Labute approximate surface area is 145 Å². The highest BCUT2D eigenvalue weighted by molar-refractivity contribution is 7.89. The third-order valence-electron chi connectivity index (χ3n) is 4.34. The molecule has 140 valence electrons. The summed E-state index contributed by atoms with van der Waals surface area (Å²) in [6, 6.07) is 5.10. The average Bonchev–Trinajstić information content (AvgIpc) is 2.59. The second-order valence-electron chi connectivity index (χ2n) is 6.18. The number of benzene rings is 1.